The lowest BCUT2D eigenvalue weighted by Crippen LogP contribution is -2.18. The molecule has 0 fully saturated rings. The fraction of sp³-hybridized carbons (Fsp3) is 0.312. The number of alkyl halides is 3. The van der Waals surface area contributed by atoms with E-state index in [0.29, 0.717) is 17.7 Å². The number of hydrogen-bond acceptors (Lipinski definition) is 5. The Morgan fingerprint density at radius 3 is 2.56 bits per heavy atom. The third kappa shape index (κ3) is 3.87. The summed E-state index contributed by atoms with van der Waals surface area (Å²) in [5.74, 6) is -0.881. The monoisotopic (exact) mass is 351 g/mol. The molecule has 1 aromatic carbocycles. The number of anilines is 1. The number of rotatable bonds is 6. The Labute approximate surface area is 141 Å². The third-order valence-electron chi connectivity index (χ3n) is 3.52. The Morgan fingerprint density at radius 2 is 1.88 bits per heavy atom. The summed E-state index contributed by atoms with van der Waals surface area (Å²) in [6.45, 7) is 2.75. The van der Waals surface area contributed by atoms with Crippen molar-refractivity contribution in [3.8, 4) is 0 Å². The summed E-state index contributed by atoms with van der Waals surface area (Å²) in [4.78, 5) is 0. The van der Waals surface area contributed by atoms with Crippen LogP contribution in [0.1, 0.15) is 24.4 Å². The minimum absolute atomic E-state index is 0.0299. The summed E-state index contributed by atoms with van der Waals surface area (Å²) in [5, 5.41) is 13.6. The summed E-state index contributed by atoms with van der Waals surface area (Å²) in [5.41, 5.74) is 1.00. The molecule has 1 unspecified atom stereocenters. The predicted molar refractivity (Wildman–Crippen MR) is 85.1 cm³/mol. The van der Waals surface area contributed by atoms with Crippen molar-refractivity contribution in [3.05, 3.63) is 53.9 Å². The van der Waals surface area contributed by atoms with Crippen molar-refractivity contribution in [2.75, 3.05) is 18.5 Å². The van der Waals surface area contributed by atoms with Crippen LogP contribution in [-0.2, 0) is 10.9 Å². The van der Waals surface area contributed by atoms with E-state index in [0.717, 1.165) is 5.56 Å². The van der Waals surface area contributed by atoms with Gasteiger partial charge in [0.05, 0.1) is 6.10 Å². The molecule has 0 aliphatic heterocycles. The normalized spacial score (nSPS) is 13.1. The molecule has 0 saturated carbocycles. The molecule has 0 spiro atoms. The molecule has 0 radical (unpaired) electrons. The van der Waals surface area contributed by atoms with E-state index in [9.17, 15) is 13.2 Å². The van der Waals surface area contributed by atoms with E-state index in [-0.39, 0.29) is 17.6 Å². The van der Waals surface area contributed by atoms with Crippen LogP contribution < -0.4 is 5.32 Å². The number of nitrogens with zero attached hydrogens (tertiary/aromatic N) is 4. The molecule has 1 N–H and O–H groups in total. The number of nitrogens with one attached hydrogen (secondary N) is 1. The average Bonchev–Trinajstić information content (AvgIpc) is 3.03. The van der Waals surface area contributed by atoms with Crippen LogP contribution in [0.3, 0.4) is 0 Å². The van der Waals surface area contributed by atoms with Gasteiger partial charge in [0.25, 0.3) is 5.82 Å². The second-order valence-electron chi connectivity index (χ2n) is 5.25. The van der Waals surface area contributed by atoms with Gasteiger partial charge in [0.1, 0.15) is 5.82 Å². The summed E-state index contributed by atoms with van der Waals surface area (Å²) in [7, 11) is 0. The van der Waals surface area contributed by atoms with Gasteiger partial charge in [-0.2, -0.15) is 17.7 Å². The molecule has 132 valence electrons. The Kier molecular flexibility index (Phi) is 4.84. The molecule has 0 aliphatic carbocycles. The van der Waals surface area contributed by atoms with Crippen LogP contribution in [0.25, 0.3) is 5.65 Å². The van der Waals surface area contributed by atoms with E-state index in [1.807, 2.05) is 37.3 Å². The number of fused-ring (bicyclic) bond motifs is 1. The average molecular weight is 351 g/mol. The number of halogens is 3. The van der Waals surface area contributed by atoms with Crippen molar-refractivity contribution in [2.24, 2.45) is 0 Å². The summed E-state index contributed by atoms with van der Waals surface area (Å²) < 4.78 is 45.1. The molecule has 0 bridgehead atoms. The van der Waals surface area contributed by atoms with Gasteiger partial charge in [0.2, 0.25) is 0 Å². The van der Waals surface area contributed by atoms with E-state index in [1.54, 1.807) is 6.07 Å². The molecule has 3 aromatic rings. The molecule has 6 nitrogen and oxygen atoms in total. The highest BCUT2D eigenvalue weighted by Gasteiger charge is 2.37. The van der Waals surface area contributed by atoms with Gasteiger partial charge < -0.3 is 10.1 Å². The van der Waals surface area contributed by atoms with Gasteiger partial charge in [0.15, 0.2) is 5.65 Å². The van der Waals surface area contributed by atoms with Crippen LogP contribution in [0.2, 0.25) is 0 Å². The zero-order valence-electron chi connectivity index (χ0n) is 13.4. The zero-order valence-corrected chi connectivity index (χ0v) is 13.4. The maximum Gasteiger partial charge on any atom is 0.453 e. The molecule has 2 aromatic heterocycles. The van der Waals surface area contributed by atoms with E-state index in [2.05, 4.69) is 20.6 Å². The minimum atomic E-state index is -4.62. The summed E-state index contributed by atoms with van der Waals surface area (Å²) in [6.07, 6.45) is -4.87. The highest BCUT2D eigenvalue weighted by molar-refractivity contribution is 5.44. The van der Waals surface area contributed by atoms with Crippen molar-refractivity contribution < 1.29 is 17.9 Å². The minimum Gasteiger partial charge on any atom is -0.372 e. The van der Waals surface area contributed by atoms with E-state index < -0.39 is 12.0 Å². The van der Waals surface area contributed by atoms with Crippen molar-refractivity contribution in [2.45, 2.75) is 19.2 Å². The number of aromatic nitrogens is 4. The molecule has 0 amide bonds. The first-order valence-electron chi connectivity index (χ1n) is 7.69. The van der Waals surface area contributed by atoms with Crippen LogP contribution in [0.15, 0.2) is 42.5 Å². The lowest BCUT2D eigenvalue weighted by atomic mass is 10.1. The quantitative estimate of drug-likeness (QED) is 0.738. The molecule has 3 rings (SSSR count). The van der Waals surface area contributed by atoms with E-state index in [4.69, 9.17) is 4.74 Å². The molecular weight excluding hydrogens is 335 g/mol. The van der Waals surface area contributed by atoms with Gasteiger partial charge in [-0.25, -0.2) is 0 Å². The number of ether oxygens (including phenoxy) is 1. The largest absolute Gasteiger partial charge is 0.453 e. The molecule has 1 atom stereocenters. The lowest BCUT2D eigenvalue weighted by molar-refractivity contribution is -0.146. The van der Waals surface area contributed by atoms with Gasteiger partial charge in [-0.05, 0) is 24.6 Å². The fourth-order valence-electron chi connectivity index (χ4n) is 2.40. The first-order chi connectivity index (χ1) is 12.0. The van der Waals surface area contributed by atoms with Crippen LogP contribution in [0.4, 0.5) is 19.0 Å². The second-order valence-corrected chi connectivity index (χ2v) is 5.25. The molecular formula is C16H16F3N5O. The van der Waals surface area contributed by atoms with Crippen LogP contribution in [0.5, 0.6) is 0 Å². The van der Waals surface area contributed by atoms with Crippen molar-refractivity contribution in [1.82, 2.24) is 19.8 Å². The summed E-state index contributed by atoms with van der Waals surface area (Å²) in [6, 6.07) is 12.5. The SMILES string of the molecule is CCOC(CNc1ccc2nnc(C(F)(F)F)n2n1)c1ccccc1. The van der Waals surface area contributed by atoms with Crippen LogP contribution in [-0.4, -0.2) is 33.0 Å². The van der Waals surface area contributed by atoms with Gasteiger partial charge in [-0.1, -0.05) is 30.3 Å². The second kappa shape index (κ2) is 7.06. The predicted octanol–water partition coefficient (Wildman–Crippen LogP) is 3.33. The van der Waals surface area contributed by atoms with Crippen LogP contribution >= 0.6 is 0 Å². The Hall–Kier alpha value is -2.68. The first kappa shape index (κ1) is 17.2. The van der Waals surface area contributed by atoms with Crippen LogP contribution in [0, 0.1) is 0 Å². The number of hydrogen-bond donors (Lipinski definition) is 1. The van der Waals surface area contributed by atoms with Crippen molar-refractivity contribution in [1.29, 1.82) is 0 Å². The maximum absolute atomic E-state index is 12.9. The van der Waals surface area contributed by atoms with E-state index >= 15 is 0 Å². The van der Waals surface area contributed by atoms with E-state index in [1.165, 1.54) is 6.07 Å². The van der Waals surface area contributed by atoms with Crippen molar-refractivity contribution >= 4 is 11.5 Å². The highest BCUT2D eigenvalue weighted by atomic mass is 19.4. The molecule has 9 heteroatoms. The lowest BCUT2D eigenvalue weighted by Gasteiger charge is -2.18. The third-order valence-corrected chi connectivity index (χ3v) is 3.52. The Bertz CT molecular complexity index is 835. The van der Waals surface area contributed by atoms with Gasteiger partial charge >= 0.3 is 6.18 Å². The van der Waals surface area contributed by atoms with Gasteiger partial charge in [0, 0.05) is 13.2 Å². The molecule has 2 heterocycles. The maximum atomic E-state index is 12.9. The van der Waals surface area contributed by atoms with Gasteiger partial charge in [-0.3, -0.25) is 0 Å². The number of benzene rings is 1. The Balaban J connectivity index is 1.80. The topological polar surface area (TPSA) is 64.3 Å². The standard InChI is InChI=1S/C16H16F3N5O/c1-2-25-12(11-6-4-3-5-7-11)10-20-13-8-9-14-21-22-15(16(17,18)19)24(14)23-13/h3-9,12H,2,10H2,1H3,(H,20,23). The smallest absolute Gasteiger partial charge is 0.372 e. The van der Waals surface area contributed by atoms with Gasteiger partial charge in [-0.15, -0.1) is 15.3 Å². The van der Waals surface area contributed by atoms with Crippen molar-refractivity contribution in [3.63, 3.8) is 0 Å². The molecule has 0 saturated heterocycles. The fourth-order valence-corrected chi connectivity index (χ4v) is 2.40. The molecule has 0 aliphatic rings. The summed E-state index contributed by atoms with van der Waals surface area (Å²) >= 11 is 0. The first-order valence-corrected chi connectivity index (χ1v) is 7.69. The Morgan fingerprint density at radius 1 is 1.12 bits per heavy atom. The molecule has 25 heavy (non-hydrogen) atoms. The highest BCUT2D eigenvalue weighted by Crippen LogP contribution is 2.27. The zero-order chi connectivity index (χ0) is 17.9.